The lowest BCUT2D eigenvalue weighted by molar-refractivity contribution is 0.104. The van der Waals surface area contributed by atoms with Crippen LogP contribution in [0, 0.1) is 0 Å². The molecular weight excluding hydrogens is 299 g/mol. The Kier molecular flexibility index (Phi) is 5.62. The quantitative estimate of drug-likeness (QED) is 0.663. The first-order chi connectivity index (χ1) is 9.06. The van der Waals surface area contributed by atoms with Gasteiger partial charge in [0.05, 0.1) is 0 Å². The van der Waals surface area contributed by atoms with Gasteiger partial charge in [-0.15, -0.1) is 12.4 Å². The summed E-state index contributed by atoms with van der Waals surface area (Å²) >= 11 is 5.76. The topological polar surface area (TPSA) is 57.5 Å². The minimum atomic E-state index is -0.305. The molecule has 0 aliphatic carbocycles. The second kappa shape index (κ2) is 6.98. The number of carbonyl (C=O) groups is 1. The van der Waals surface area contributed by atoms with E-state index in [1.165, 1.54) is 36.4 Å². The largest absolute Gasteiger partial charge is 0.508 e. The van der Waals surface area contributed by atoms with E-state index < -0.39 is 0 Å². The molecule has 0 saturated heterocycles. The number of ketones is 1. The van der Waals surface area contributed by atoms with Gasteiger partial charge in [-0.25, -0.2) is 0 Å². The fourth-order valence-corrected chi connectivity index (χ4v) is 1.84. The lowest BCUT2D eigenvalue weighted by Gasteiger charge is -2.00. The van der Waals surface area contributed by atoms with Crippen molar-refractivity contribution < 1.29 is 15.0 Å². The van der Waals surface area contributed by atoms with Gasteiger partial charge in [0.25, 0.3) is 0 Å². The molecule has 3 nitrogen and oxygen atoms in total. The minimum Gasteiger partial charge on any atom is -0.508 e. The molecular formula is C15H12Cl2O3. The number of aromatic hydroxyl groups is 2. The van der Waals surface area contributed by atoms with Crippen molar-refractivity contribution in [2.45, 2.75) is 0 Å². The van der Waals surface area contributed by atoms with Crippen LogP contribution in [-0.2, 0) is 0 Å². The number of para-hydroxylation sites is 1. The Balaban J connectivity index is 0.00000200. The molecule has 104 valence electrons. The summed E-state index contributed by atoms with van der Waals surface area (Å²) < 4.78 is 0. The first-order valence-electron chi connectivity index (χ1n) is 5.56. The molecule has 2 N–H and O–H groups in total. The number of hydrogen-bond donors (Lipinski definition) is 2. The van der Waals surface area contributed by atoms with Crippen molar-refractivity contribution in [2.24, 2.45) is 0 Å². The molecule has 0 amide bonds. The Morgan fingerprint density at radius 1 is 1.10 bits per heavy atom. The van der Waals surface area contributed by atoms with Crippen LogP contribution >= 0.6 is 24.0 Å². The molecule has 5 heteroatoms. The van der Waals surface area contributed by atoms with E-state index in [1.54, 1.807) is 18.2 Å². The zero-order chi connectivity index (χ0) is 13.8. The molecule has 0 aliphatic heterocycles. The highest BCUT2D eigenvalue weighted by Crippen LogP contribution is 2.21. The monoisotopic (exact) mass is 310 g/mol. The molecule has 2 rings (SSSR count). The first-order valence-corrected chi connectivity index (χ1v) is 5.94. The zero-order valence-corrected chi connectivity index (χ0v) is 11.9. The van der Waals surface area contributed by atoms with Crippen molar-refractivity contribution >= 4 is 35.9 Å². The molecule has 0 spiro atoms. The van der Waals surface area contributed by atoms with Gasteiger partial charge >= 0.3 is 0 Å². The smallest absolute Gasteiger partial charge is 0.186 e. The Bertz CT molecular complexity index is 631. The van der Waals surface area contributed by atoms with E-state index in [0.29, 0.717) is 10.6 Å². The van der Waals surface area contributed by atoms with Crippen molar-refractivity contribution in [3.63, 3.8) is 0 Å². The molecule has 2 aromatic rings. The molecule has 0 unspecified atom stereocenters. The summed E-state index contributed by atoms with van der Waals surface area (Å²) in [4.78, 5) is 11.9. The predicted molar refractivity (Wildman–Crippen MR) is 81.8 cm³/mol. The number of rotatable bonds is 3. The number of benzene rings is 2. The standard InChI is InChI=1S/C15H11ClO3.ClH/c16-12-7-11(8-13(17)9-12)15(19)6-5-10-3-1-2-4-14(10)18;/h1-9,17-18H;1H. The normalized spacial score (nSPS) is 10.2. The van der Waals surface area contributed by atoms with Gasteiger partial charge in [0.15, 0.2) is 5.78 Å². The summed E-state index contributed by atoms with van der Waals surface area (Å²) in [5.41, 5.74) is 0.832. The number of hydrogen-bond acceptors (Lipinski definition) is 3. The molecule has 0 bridgehead atoms. The number of allylic oxidation sites excluding steroid dienone is 1. The van der Waals surface area contributed by atoms with Gasteiger partial charge in [0.1, 0.15) is 11.5 Å². The van der Waals surface area contributed by atoms with E-state index in [0.717, 1.165) is 0 Å². The summed E-state index contributed by atoms with van der Waals surface area (Å²) in [6.45, 7) is 0. The number of phenols is 2. The van der Waals surface area contributed by atoms with Crippen LogP contribution in [0.5, 0.6) is 11.5 Å². The summed E-state index contributed by atoms with van der Waals surface area (Å²) in [5, 5.41) is 19.2. The van der Waals surface area contributed by atoms with E-state index in [9.17, 15) is 15.0 Å². The van der Waals surface area contributed by atoms with E-state index >= 15 is 0 Å². The fraction of sp³-hybridized carbons (Fsp3) is 0. The van der Waals surface area contributed by atoms with Gasteiger partial charge in [-0.1, -0.05) is 29.8 Å². The van der Waals surface area contributed by atoms with Gasteiger partial charge in [-0.3, -0.25) is 4.79 Å². The van der Waals surface area contributed by atoms with Gasteiger partial charge < -0.3 is 10.2 Å². The number of halogens is 2. The van der Waals surface area contributed by atoms with Crippen LogP contribution in [0.2, 0.25) is 5.02 Å². The summed E-state index contributed by atoms with van der Waals surface area (Å²) in [5.74, 6) is -0.270. The average Bonchev–Trinajstić information content (AvgIpc) is 2.36. The minimum absolute atomic E-state index is 0. The molecule has 0 aromatic heterocycles. The lowest BCUT2D eigenvalue weighted by atomic mass is 10.1. The maximum absolute atomic E-state index is 11.9. The highest BCUT2D eigenvalue weighted by Gasteiger charge is 2.05. The second-order valence-corrected chi connectivity index (χ2v) is 4.39. The lowest BCUT2D eigenvalue weighted by Crippen LogP contribution is -1.93. The maximum atomic E-state index is 11.9. The number of phenolic OH excluding ortho intramolecular Hbond substituents is 2. The van der Waals surface area contributed by atoms with Crippen LogP contribution in [0.1, 0.15) is 15.9 Å². The molecule has 20 heavy (non-hydrogen) atoms. The Morgan fingerprint density at radius 3 is 2.45 bits per heavy atom. The SMILES string of the molecule is Cl.O=C(C=Cc1ccccc1O)c1cc(O)cc(Cl)c1. The first kappa shape index (κ1) is 16.1. The van der Waals surface area contributed by atoms with E-state index in [2.05, 4.69) is 0 Å². The zero-order valence-electron chi connectivity index (χ0n) is 10.3. The van der Waals surface area contributed by atoms with E-state index in [4.69, 9.17) is 11.6 Å². The summed E-state index contributed by atoms with van der Waals surface area (Å²) in [7, 11) is 0. The van der Waals surface area contributed by atoms with E-state index in [-0.39, 0.29) is 35.3 Å². The van der Waals surface area contributed by atoms with Gasteiger partial charge in [-0.2, -0.15) is 0 Å². The van der Waals surface area contributed by atoms with Crippen molar-refractivity contribution in [2.75, 3.05) is 0 Å². The van der Waals surface area contributed by atoms with Gasteiger partial charge in [-0.05, 0) is 36.4 Å². The van der Waals surface area contributed by atoms with Crippen LogP contribution in [-0.4, -0.2) is 16.0 Å². The fourth-order valence-electron chi connectivity index (χ4n) is 1.61. The maximum Gasteiger partial charge on any atom is 0.186 e. The van der Waals surface area contributed by atoms with Crippen molar-refractivity contribution in [3.05, 3.63) is 64.7 Å². The third kappa shape index (κ3) is 4.02. The average molecular weight is 311 g/mol. The molecule has 0 heterocycles. The van der Waals surface area contributed by atoms with Gasteiger partial charge in [0.2, 0.25) is 0 Å². The number of carbonyl (C=O) groups excluding carboxylic acids is 1. The molecule has 0 radical (unpaired) electrons. The van der Waals surface area contributed by atoms with Gasteiger partial charge in [0, 0.05) is 16.1 Å². The molecule has 2 aromatic carbocycles. The Morgan fingerprint density at radius 2 is 1.80 bits per heavy atom. The van der Waals surface area contributed by atoms with Crippen LogP contribution in [0.25, 0.3) is 6.08 Å². The molecule has 0 saturated carbocycles. The third-order valence-electron chi connectivity index (χ3n) is 2.52. The van der Waals surface area contributed by atoms with Crippen LogP contribution < -0.4 is 0 Å². The highest BCUT2D eigenvalue weighted by molar-refractivity contribution is 6.31. The van der Waals surface area contributed by atoms with Crippen molar-refractivity contribution in [1.29, 1.82) is 0 Å². The molecule has 0 fully saturated rings. The summed E-state index contributed by atoms with van der Waals surface area (Å²) in [6, 6.07) is 10.8. The van der Waals surface area contributed by atoms with Crippen LogP contribution in [0.4, 0.5) is 0 Å². The highest BCUT2D eigenvalue weighted by atomic mass is 35.5. The second-order valence-electron chi connectivity index (χ2n) is 3.95. The van der Waals surface area contributed by atoms with Crippen LogP contribution in [0.3, 0.4) is 0 Å². The summed E-state index contributed by atoms with van der Waals surface area (Å²) in [6.07, 6.45) is 2.83. The van der Waals surface area contributed by atoms with Crippen molar-refractivity contribution in [1.82, 2.24) is 0 Å². The van der Waals surface area contributed by atoms with E-state index in [1.807, 2.05) is 0 Å². The molecule has 0 atom stereocenters. The Hall–Kier alpha value is -1.97. The predicted octanol–water partition coefficient (Wildman–Crippen LogP) is 4.07. The van der Waals surface area contributed by atoms with Crippen LogP contribution in [0.15, 0.2) is 48.5 Å². The molecule has 0 aliphatic rings. The van der Waals surface area contributed by atoms with Crippen molar-refractivity contribution in [3.8, 4) is 11.5 Å². The third-order valence-corrected chi connectivity index (χ3v) is 2.74. The Labute approximate surface area is 127 Å².